The highest BCUT2D eigenvalue weighted by molar-refractivity contribution is 5.52. The van der Waals surface area contributed by atoms with Crippen LogP contribution in [0.5, 0.6) is 0 Å². The molecule has 0 radical (unpaired) electrons. The van der Waals surface area contributed by atoms with Crippen molar-refractivity contribution in [3.63, 3.8) is 0 Å². The van der Waals surface area contributed by atoms with E-state index in [2.05, 4.69) is 16.5 Å². The second kappa shape index (κ2) is 3.09. The minimum absolute atomic E-state index is 0.489. The van der Waals surface area contributed by atoms with E-state index in [0.29, 0.717) is 5.69 Å². The molecule has 0 aromatic carbocycles. The standard InChI is InChI=1S/C9H12N4/c1-13-6-9(8(4-10)12-13)11-5-7-2-3-7/h6-7,11H,2-3,5H2,1H3. The lowest BCUT2D eigenvalue weighted by Crippen LogP contribution is -2.03. The van der Waals surface area contributed by atoms with Crippen LogP contribution < -0.4 is 5.32 Å². The summed E-state index contributed by atoms with van der Waals surface area (Å²) < 4.78 is 1.66. The Labute approximate surface area is 77.2 Å². The van der Waals surface area contributed by atoms with E-state index in [4.69, 9.17) is 5.26 Å². The second-order valence-corrected chi connectivity index (χ2v) is 3.50. The van der Waals surface area contributed by atoms with Crippen LogP contribution in [-0.2, 0) is 7.05 Å². The molecule has 1 heterocycles. The molecule has 2 rings (SSSR count). The number of anilines is 1. The number of nitrogens with zero attached hydrogens (tertiary/aromatic N) is 3. The number of aryl methyl sites for hydroxylation is 1. The van der Waals surface area contributed by atoms with Crippen molar-refractivity contribution in [1.82, 2.24) is 9.78 Å². The predicted molar refractivity (Wildman–Crippen MR) is 49.1 cm³/mol. The Morgan fingerprint density at radius 3 is 3.15 bits per heavy atom. The van der Waals surface area contributed by atoms with E-state index in [1.54, 1.807) is 4.68 Å². The van der Waals surface area contributed by atoms with Gasteiger partial charge in [0.25, 0.3) is 0 Å². The third-order valence-corrected chi connectivity index (χ3v) is 2.21. The lowest BCUT2D eigenvalue weighted by molar-refractivity contribution is 0.763. The maximum atomic E-state index is 8.75. The predicted octanol–water partition coefficient (Wildman–Crippen LogP) is 1.11. The van der Waals surface area contributed by atoms with Crippen molar-refractivity contribution in [3.05, 3.63) is 11.9 Å². The van der Waals surface area contributed by atoms with Crippen molar-refractivity contribution >= 4 is 5.69 Å². The number of nitriles is 1. The molecule has 1 aromatic heterocycles. The molecule has 68 valence electrons. The van der Waals surface area contributed by atoms with Crippen molar-refractivity contribution in [3.8, 4) is 6.07 Å². The van der Waals surface area contributed by atoms with Gasteiger partial charge in [0.1, 0.15) is 6.07 Å². The van der Waals surface area contributed by atoms with Gasteiger partial charge in [-0.2, -0.15) is 10.4 Å². The average molecular weight is 176 g/mol. The molecular formula is C9H12N4. The highest BCUT2D eigenvalue weighted by atomic mass is 15.3. The first-order chi connectivity index (χ1) is 6.29. The van der Waals surface area contributed by atoms with E-state index in [9.17, 15) is 0 Å². The zero-order valence-electron chi connectivity index (χ0n) is 7.62. The molecule has 0 aliphatic heterocycles. The van der Waals surface area contributed by atoms with Gasteiger partial charge < -0.3 is 5.32 Å². The van der Waals surface area contributed by atoms with Gasteiger partial charge >= 0.3 is 0 Å². The van der Waals surface area contributed by atoms with Gasteiger partial charge in [-0.05, 0) is 18.8 Å². The number of aromatic nitrogens is 2. The van der Waals surface area contributed by atoms with Crippen molar-refractivity contribution < 1.29 is 0 Å². The summed E-state index contributed by atoms with van der Waals surface area (Å²) in [6.07, 6.45) is 4.48. The number of rotatable bonds is 3. The average Bonchev–Trinajstić information content (AvgIpc) is 2.87. The van der Waals surface area contributed by atoms with Gasteiger partial charge in [-0.3, -0.25) is 4.68 Å². The van der Waals surface area contributed by atoms with Crippen LogP contribution in [0.1, 0.15) is 18.5 Å². The monoisotopic (exact) mass is 176 g/mol. The number of hydrogen-bond donors (Lipinski definition) is 1. The fourth-order valence-corrected chi connectivity index (χ4v) is 1.28. The molecule has 0 atom stereocenters. The van der Waals surface area contributed by atoms with Crippen molar-refractivity contribution in [1.29, 1.82) is 5.26 Å². The van der Waals surface area contributed by atoms with E-state index in [0.717, 1.165) is 18.2 Å². The topological polar surface area (TPSA) is 53.6 Å². The Kier molecular flexibility index (Phi) is 1.93. The SMILES string of the molecule is Cn1cc(NCC2CC2)c(C#N)n1. The van der Waals surface area contributed by atoms with Gasteiger partial charge in [-0.1, -0.05) is 0 Å². The normalized spacial score (nSPS) is 15.4. The maximum absolute atomic E-state index is 8.75. The molecule has 13 heavy (non-hydrogen) atoms. The van der Waals surface area contributed by atoms with Gasteiger partial charge in [0.15, 0.2) is 5.69 Å². The largest absolute Gasteiger partial charge is 0.381 e. The summed E-state index contributed by atoms with van der Waals surface area (Å²) in [5.74, 6) is 0.812. The third-order valence-electron chi connectivity index (χ3n) is 2.21. The Morgan fingerprint density at radius 2 is 2.54 bits per heavy atom. The zero-order chi connectivity index (χ0) is 9.26. The van der Waals surface area contributed by atoms with Gasteiger partial charge in [0.2, 0.25) is 0 Å². The Bertz CT molecular complexity index is 343. The first-order valence-corrected chi connectivity index (χ1v) is 4.47. The first kappa shape index (κ1) is 8.11. The van der Waals surface area contributed by atoms with Crippen LogP contribution in [0.2, 0.25) is 0 Å². The Morgan fingerprint density at radius 1 is 1.77 bits per heavy atom. The van der Waals surface area contributed by atoms with Crippen LogP contribution in [0.25, 0.3) is 0 Å². The van der Waals surface area contributed by atoms with Crippen molar-refractivity contribution in [2.24, 2.45) is 13.0 Å². The maximum Gasteiger partial charge on any atom is 0.185 e. The minimum Gasteiger partial charge on any atom is -0.381 e. The van der Waals surface area contributed by atoms with Crippen LogP contribution in [0.4, 0.5) is 5.69 Å². The quantitative estimate of drug-likeness (QED) is 0.750. The fourth-order valence-electron chi connectivity index (χ4n) is 1.28. The molecule has 4 heteroatoms. The van der Waals surface area contributed by atoms with Gasteiger partial charge in [0, 0.05) is 19.8 Å². The zero-order valence-corrected chi connectivity index (χ0v) is 7.62. The molecule has 0 bridgehead atoms. The molecule has 0 amide bonds. The minimum atomic E-state index is 0.489. The molecule has 0 saturated heterocycles. The summed E-state index contributed by atoms with van der Waals surface area (Å²) in [6.45, 7) is 0.973. The lowest BCUT2D eigenvalue weighted by Gasteiger charge is -2.00. The molecule has 0 unspecified atom stereocenters. The molecule has 1 saturated carbocycles. The highest BCUT2D eigenvalue weighted by Crippen LogP contribution is 2.29. The molecule has 1 aliphatic rings. The van der Waals surface area contributed by atoms with Crippen LogP contribution in [0.3, 0.4) is 0 Å². The molecule has 1 aliphatic carbocycles. The summed E-state index contributed by atoms with van der Waals surface area (Å²) in [7, 11) is 1.82. The smallest absolute Gasteiger partial charge is 0.185 e. The third kappa shape index (κ3) is 1.81. The lowest BCUT2D eigenvalue weighted by atomic mass is 10.3. The molecular weight excluding hydrogens is 164 g/mol. The molecule has 1 fully saturated rings. The van der Waals surface area contributed by atoms with Gasteiger partial charge in [0.05, 0.1) is 5.69 Å². The van der Waals surface area contributed by atoms with E-state index in [-0.39, 0.29) is 0 Å². The molecule has 1 N–H and O–H groups in total. The van der Waals surface area contributed by atoms with Crippen LogP contribution >= 0.6 is 0 Å². The molecule has 1 aromatic rings. The van der Waals surface area contributed by atoms with E-state index in [1.165, 1.54) is 12.8 Å². The fraction of sp³-hybridized carbons (Fsp3) is 0.556. The van der Waals surface area contributed by atoms with Crippen LogP contribution in [0.15, 0.2) is 6.20 Å². The Hall–Kier alpha value is -1.50. The van der Waals surface area contributed by atoms with E-state index in [1.807, 2.05) is 13.2 Å². The van der Waals surface area contributed by atoms with E-state index >= 15 is 0 Å². The van der Waals surface area contributed by atoms with Crippen LogP contribution in [0, 0.1) is 17.2 Å². The summed E-state index contributed by atoms with van der Waals surface area (Å²) >= 11 is 0. The summed E-state index contributed by atoms with van der Waals surface area (Å²) in [4.78, 5) is 0. The second-order valence-electron chi connectivity index (χ2n) is 3.50. The number of nitrogens with one attached hydrogen (secondary N) is 1. The summed E-state index contributed by atoms with van der Waals surface area (Å²) in [5.41, 5.74) is 1.35. The van der Waals surface area contributed by atoms with Crippen LogP contribution in [-0.4, -0.2) is 16.3 Å². The molecule has 4 nitrogen and oxygen atoms in total. The summed E-state index contributed by atoms with van der Waals surface area (Å²) in [5, 5.41) is 16.0. The van der Waals surface area contributed by atoms with E-state index < -0.39 is 0 Å². The summed E-state index contributed by atoms with van der Waals surface area (Å²) in [6, 6.07) is 2.07. The van der Waals surface area contributed by atoms with Crippen molar-refractivity contribution in [2.75, 3.05) is 11.9 Å². The van der Waals surface area contributed by atoms with Gasteiger partial charge in [-0.25, -0.2) is 0 Å². The highest BCUT2D eigenvalue weighted by Gasteiger charge is 2.21. The van der Waals surface area contributed by atoms with Crippen molar-refractivity contribution in [2.45, 2.75) is 12.8 Å². The Balaban J connectivity index is 2.04. The van der Waals surface area contributed by atoms with Gasteiger partial charge in [-0.15, -0.1) is 0 Å². The first-order valence-electron chi connectivity index (χ1n) is 4.47. The molecule has 0 spiro atoms. The number of hydrogen-bond acceptors (Lipinski definition) is 3.